The molecule has 0 saturated heterocycles. The number of amides is 1. The summed E-state index contributed by atoms with van der Waals surface area (Å²) in [6, 6.07) is 5.69. The van der Waals surface area contributed by atoms with Gasteiger partial charge >= 0.3 is 0 Å². The first-order valence-corrected chi connectivity index (χ1v) is 8.26. The zero-order valence-corrected chi connectivity index (χ0v) is 13.9. The van der Waals surface area contributed by atoms with Crippen molar-refractivity contribution < 1.29 is 4.79 Å². The van der Waals surface area contributed by atoms with Crippen LogP contribution in [-0.2, 0) is 0 Å². The minimum Gasteiger partial charge on any atom is -0.365 e. The predicted molar refractivity (Wildman–Crippen MR) is 91.7 cm³/mol. The highest BCUT2D eigenvalue weighted by Gasteiger charge is 2.13. The number of aromatic nitrogens is 5. The van der Waals surface area contributed by atoms with E-state index in [2.05, 4.69) is 25.5 Å². The standard InChI is InChI=1S/C15H15N7OS/c1-9-3-4-10(7-12(9)22-18-5-6-19-22)20-14-11(13(16)23)8-17-15(21-14)24-2/h3-8H,1-2H3,(H2,16,23)(H,17,20,21). The van der Waals surface area contributed by atoms with Crippen molar-refractivity contribution in [1.29, 1.82) is 0 Å². The average molecular weight is 341 g/mol. The van der Waals surface area contributed by atoms with Crippen LogP contribution in [0.25, 0.3) is 5.69 Å². The molecule has 3 aromatic rings. The van der Waals surface area contributed by atoms with Gasteiger partial charge in [0.05, 0.1) is 18.1 Å². The summed E-state index contributed by atoms with van der Waals surface area (Å²) in [5.41, 5.74) is 8.20. The number of aryl methyl sites for hydroxylation is 1. The van der Waals surface area contributed by atoms with Crippen molar-refractivity contribution in [3.8, 4) is 5.69 Å². The molecule has 0 bridgehead atoms. The molecule has 1 amide bonds. The van der Waals surface area contributed by atoms with Crippen LogP contribution < -0.4 is 11.1 Å². The Bertz CT molecular complexity index is 880. The van der Waals surface area contributed by atoms with Crippen LogP contribution >= 0.6 is 11.8 Å². The van der Waals surface area contributed by atoms with E-state index < -0.39 is 5.91 Å². The molecule has 0 atom stereocenters. The molecule has 0 aliphatic carbocycles. The summed E-state index contributed by atoms with van der Waals surface area (Å²) >= 11 is 1.38. The lowest BCUT2D eigenvalue weighted by Crippen LogP contribution is -2.15. The number of carbonyl (C=O) groups excluding carboxylic acids is 1. The molecule has 2 aromatic heterocycles. The number of hydrogen-bond acceptors (Lipinski definition) is 7. The molecule has 0 aliphatic heterocycles. The number of primary amides is 1. The second-order valence-corrected chi connectivity index (χ2v) is 5.70. The maximum atomic E-state index is 11.6. The summed E-state index contributed by atoms with van der Waals surface area (Å²) in [6.07, 6.45) is 6.50. The van der Waals surface area contributed by atoms with Crippen LogP contribution in [0.15, 0.2) is 41.9 Å². The van der Waals surface area contributed by atoms with Crippen LogP contribution in [0.4, 0.5) is 11.5 Å². The third kappa shape index (κ3) is 3.20. The molecule has 3 N–H and O–H groups in total. The molecule has 0 aliphatic rings. The Balaban J connectivity index is 2.00. The van der Waals surface area contributed by atoms with Gasteiger partial charge < -0.3 is 11.1 Å². The zero-order chi connectivity index (χ0) is 17.1. The number of benzene rings is 1. The van der Waals surface area contributed by atoms with Gasteiger partial charge in [-0.05, 0) is 30.9 Å². The van der Waals surface area contributed by atoms with Crippen molar-refractivity contribution in [2.75, 3.05) is 11.6 Å². The minimum atomic E-state index is -0.591. The predicted octanol–water partition coefficient (Wildman–Crippen LogP) is 1.93. The Morgan fingerprint density at radius 2 is 2.04 bits per heavy atom. The van der Waals surface area contributed by atoms with Crippen LogP contribution in [0, 0.1) is 6.92 Å². The molecule has 0 unspecified atom stereocenters. The molecule has 0 saturated carbocycles. The third-order valence-electron chi connectivity index (χ3n) is 3.32. The Morgan fingerprint density at radius 1 is 1.29 bits per heavy atom. The number of nitrogens with zero attached hydrogens (tertiary/aromatic N) is 5. The van der Waals surface area contributed by atoms with E-state index in [4.69, 9.17) is 5.73 Å². The summed E-state index contributed by atoms with van der Waals surface area (Å²) in [7, 11) is 0. The number of carbonyl (C=O) groups is 1. The zero-order valence-electron chi connectivity index (χ0n) is 13.1. The number of thioether (sulfide) groups is 1. The van der Waals surface area contributed by atoms with E-state index >= 15 is 0 Å². The van der Waals surface area contributed by atoms with E-state index in [0.717, 1.165) is 16.9 Å². The Hall–Kier alpha value is -2.94. The lowest BCUT2D eigenvalue weighted by molar-refractivity contribution is 0.100. The fourth-order valence-corrected chi connectivity index (χ4v) is 2.46. The van der Waals surface area contributed by atoms with Gasteiger partial charge in [-0.25, -0.2) is 9.97 Å². The molecule has 122 valence electrons. The SMILES string of the molecule is CSc1ncc(C(N)=O)c(Nc2ccc(C)c(-n3nccn3)c2)n1. The van der Waals surface area contributed by atoms with Crippen LogP contribution in [-0.4, -0.2) is 37.1 Å². The van der Waals surface area contributed by atoms with E-state index in [1.54, 1.807) is 12.4 Å². The number of anilines is 2. The van der Waals surface area contributed by atoms with Crippen molar-refractivity contribution in [2.45, 2.75) is 12.1 Å². The molecule has 0 radical (unpaired) electrons. The lowest BCUT2D eigenvalue weighted by atomic mass is 10.2. The minimum absolute atomic E-state index is 0.229. The molecule has 2 heterocycles. The van der Waals surface area contributed by atoms with Crippen LogP contribution in [0.1, 0.15) is 15.9 Å². The highest BCUT2D eigenvalue weighted by atomic mass is 32.2. The fraction of sp³-hybridized carbons (Fsp3) is 0.133. The second kappa shape index (κ2) is 6.67. The summed E-state index contributed by atoms with van der Waals surface area (Å²) in [5, 5.41) is 12.0. The summed E-state index contributed by atoms with van der Waals surface area (Å²) in [5.74, 6) is -0.226. The van der Waals surface area contributed by atoms with Gasteiger partial charge in [-0.3, -0.25) is 4.79 Å². The van der Waals surface area contributed by atoms with Gasteiger partial charge in [-0.1, -0.05) is 17.8 Å². The monoisotopic (exact) mass is 341 g/mol. The largest absolute Gasteiger partial charge is 0.365 e. The smallest absolute Gasteiger partial charge is 0.254 e. The Labute approximate surface area is 142 Å². The van der Waals surface area contributed by atoms with Crippen LogP contribution in [0.2, 0.25) is 0 Å². The second-order valence-electron chi connectivity index (χ2n) is 4.93. The first kappa shape index (κ1) is 15.9. The molecule has 3 rings (SSSR count). The molecule has 0 fully saturated rings. The van der Waals surface area contributed by atoms with Crippen molar-refractivity contribution in [3.63, 3.8) is 0 Å². The van der Waals surface area contributed by atoms with E-state index in [0.29, 0.717) is 11.0 Å². The molecule has 8 nitrogen and oxygen atoms in total. The van der Waals surface area contributed by atoms with Gasteiger partial charge in [0, 0.05) is 11.9 Å². The molecular formula is C15H15N7OS. The van der Waals surface area contributed by atoms with E-state index in [9.17, 15) is 4.79 Å². The number of hydrogen-bond donors (Lipinski definition) is 2. The molecule has 0 spiro atoms. The van der Waals surface area contributed by atoms with Crippen molar-refractivity contribution in [1.82, 2.24) is 25.0 Å². The van der Waals surface area contributed by atoms with Gasteiger partial charge in [0.25, 0.3) is 5.91 Å². The van der Waals surface area contributed by atoms with Crippen LogP contribution in [0.5, 0.6) is 0 Å². The maximum Gasteiger partial charge on any atom is 0.254 e. The first-order valence-electron chi connectivity index (χ1n) is 7.03. The highest BCUT2D eigenvalue weighted by Crippen LogP contribution is 2.24. The van der Waals surface area contributed by atoms with Gasteiger partial charge in [-0.2, -0.15) is 15.0 Å². The van der Waals surface area contributed by atoms with Crippen molar-refractivity contribution >= 4 is 29.2 Å². The van der Waals surface area contributed by atoms with Crippen molar-refractivity contribution in [2.24, 2.45) is 5.73 Å². The van der Waals surface area contributed by atoms with E-state index in [1.807, 2.05) is 31.4 Å². The van der Waals surface area contributed by atoms with E-state index in [-0.39, 0.29) is 5.56 Å². The van der Waals surface area contributed by atoms with Crippen molar-refractivity contribution in [3.05, 3.63) is 47.9 Å². The molecule has 1 aromatic carbocycles. The Morgan fingerprint density at radius 3 is 2.71 bits per heavy atom. The van der Waals surface area contributed by atoms with Gasteiger partial charge in [0.2, 0.25) is 0 Å². The maximum absolute atomic E-state index is 11.6. The topological polar surface area (TPSA) is 112 Å². The fourth-order valence-electron chi connectivity index (χ4n) is 2.12. The normalized spacial score (nSPS) is 10.6. The van der Waals surface area contributed by atoms with Gasteiger partial charge in [-0.15, -0.1) is 0 Å². The molecule has 24 heavy (non-hydrogen) atoms. The third-order valence-corrected chi connectivity index (χ3v) is 3.88. The Kier molecular flexibility index (Phi) is 4.43. The average Bonchev–Trinajstić information content (AvgIpc) is 3.10. The van der Waals surface area contributed by atoms with Gasteiger partial charge in [0.1, 0.15) is 11.4 Å². The van der Waals surface area contributed by atoms with Crippen LogP contribution in [0.3, 0.4) is 0 Å². The molecular weight excluding hydrogens is 326 g/mol. The molecule has 9 heteroatoms. The number of nitrogens with two attached hydrogens (primary N) is 1. The lowest BCUT2D eigenvalue weighted by Gasteiger charge is -2.12. The number of nitrogens with one attached hydrogen (secondary N) is 1. The van der Waals surface area contributed by atoms with Gasteiger partial charge in [0.15, 0.2) is 5.16 Å². The highest BCUT2D eigenvalue weighted by molar-refractivity contribution is 7.98. The quantitative estimate of drug-likeness (QED) is 0.538. The summed E-state index contributed by atoms with van der Waals surface area (Å²) in [6.45, 7) is 1.97. The van der Waals surface area contributed by atoms with E-state index in [1.165, 1.54) is 22.8 Å². The first-order chi connectivity index (χ1) is 11.6. The summed E-state index contributed by atoms with van der Waals surface area (Å²) in [4.78, 5) is 21.5. The number of rotatable bonds is 5. The summed E-state index contributed by atoms with van der Waals surface area (Å²) < 4.78 is 0.